The number of carboxylic acid groups (broad SMARTS) is 1. The van der Waals surface area contributed by atoms with E-state index in [0.29, 0.717) is 11.7 Å². The summed E-state index contributed by atoms with van der Waals surface area (Å²) < 4.78 is 1.43. The molecule has 1 fully saturated rings. The van der Waals surface area contributed by atoms with E-state index in [0.717, 1.165) is 5.56 Å². The molecule has 6 nitrogen and oxygen atoms in total. The van der Waals surface area contributed by atoms with Crippen LogP contribution < -0.4 is 0 Å². The minimum Gasteiger partial charge on any atom is -0.475 e. The molecule has 0 amide bonds. The first-order chi connectivity index (χ1) is 7.24. The summed E-state index contributed by atoms with van der Waals surface area (Å²) in [6, 6.07) is 0. The molecule has 15 heavy (non-hydrogen) atoms. The van der Waals surface area contributed by atoms with Gasteiger partial charge in [-0.25, -0.2) is 14.3 Å². The van der Waals surface area contributed by atoms with Crippen LogP contribution in [0.5, 0.6) is 0 Å². The highest BCUT2D eigenvalue weighted by atomic mass is 16.4. The first kappa shape index (κ1) is 8.34. The smallest absolute Gasteiger partial charge is 0.375 e. The molecule has 2 heterocycles. The molecule has 3 rings (SSSR count). The zero-order valence-electron chi connectivity index (χ0n) is 7.79. The zero-order chi connectivity index (χ0) is 10.4. The number of aromatic nitrogens is 4. The van der Waals surface area contributed by atoms with E-state index < -0.39 is 5.97 Å². The number of carbonyl (C=O) groups is 1. The molecule has 2 aromatic heterocycles. The lowest BCUT2D eigenvalue weighted by atomic mass is 10.2. The number of aromatic carboxylic acids is 1. The zero-order valence-corrected chi connectivity index (χ0v) is 7.79. The molecule has 0 aliphatic heterocycles. The van der Waals surface area contributed by atoms with E-state index in [9.17, 15) is 4.79 Å². The topological polar surface area (TPSA) is 80.4 Å². The molecule has 1 N–H and O–H groups in total. The van der Waals surface area contributed by atoms with Crippen molar-refractivity contribution in [3.8, 4) is 0 Å². The van der Waals surface area contributed by atoms with Crippen molar-refractivity contribution >= 4 is 11.7 Å². The molecule has 0 radical (unpaired) electrons. The fourth-order valence-electron chi connectivity index (χ4n) is 1.51. The van der Waals surface area contributed by atoms with Gasteiger partial charge >= 0.3 is 5.97 Å². The van der Waals surface area contributed by atoms with Gasteiger partial charge in [0.2, 0.25) is 0 Å². The third-order valence-corrected chi connectivity index (χ3v) is 2.45. The number of nitrogens with zero attached hydrogens (tertiary/aromatic N) is 4. The van der Waals surface area contributed by atoms with E-state index in [1.807, 2.05) is 0 Å². The first-order valence-corrected chi connectivity index (χ1v) is 4.69. The van der Waals surface area contributed by atoms with Gasteiger partial charge in [0, 0.05) is 12.4 Å². The van der Waals surface area contributed by atoms with Crippen molar-refractivity contribution < 1.29 is 9.90 Å². The van der Waals surface area contributed by atoms with Crippen LogP contribution in [0.4, 0.5) is 0 Å². The molecule has 2 aromatic rings. The Labute approximate surface area is 84.6 Å². The van der Waals surface area contributed by atoms with E-state index in [1.165, 1.54) is 17.4 Å². The lowest BCUT2D eigenvalue weighted by Crippen LogP contribution is -1.99. The second kappa shape index (κ2) is 2.75. The minimum absolute atomic E-state index is 0.213. The summed E-state index contributed by atoms with van der Waals surface area (Å²) in [6.07, 6.45) is 5.90. The van der Waals surface area contributed by atoms with Crippen LogP contribution in [0.2, 0.25) is 0 Å². The van der Waals surface area contributed by atoms with Crippen LogP contribution in [0.1, 0.15) is 34.9 Å². The standard InChI is InChI=1S/C9H8N4O2/c14-8(15)7-11-9-10-3-6(5-1-2-5)4-13(9)12-7/h3-5H,1-2H2,(H,14,15). The molecule has 0 atom stereocenters. The summed E-state index contributed by atoms with van der Waals surface area (Å²) in [5.41, 5.74) is 1.10. The molecular formula is C9H8N4O2. The SMILES string of the molecule is O=C(O)c1nc2ncc(C3CC3)cn2n1. The third kappa shape index (κ3) is 1.34. The lowest BCUT2D eigenvalue weighted by molar-refractivity contribution is 0.0684. The van der Waals surface area contributed by atoms with Crippen molar-refractivity contribution in [2.45, 2.75) is 18.8 Å². The molecule has 0 aromatic carbocycles. The molecule has 76 valence electrons. The molecule has 0 unspecified atom stereocenters. The van der Waals surface area contributed by atoms with Gasteiger partial charge in [0.1, 0.15) is 0 Å². The molecule has 1 saturated carbocycles. The Hall–Kier alpha value is -1.98. The number of rotatable bonds is 2. The van der Waals surface area contributed by atoms with Crippen molar-refractivity contribution in [2.75, 3.05) is 0 Å². The summed E-state index contributed by atoms with van der Waals surface area (Å²) in [5.74, 6) is -0.444. The normalized spacial score (nSPS) is 15.7. The largest absolute Gasteiger partial charge is 0.475 e. The van der Waals surface area contributed by atoms with Crippen molar-refractivity contribution in [3.63, 3.8) is 0 Å². The highest BCUT2D eigenvalue weighted by Crippen LogP contribution is 2.39. The molecule has 6 heteroatoms. The van der Waals surface area contributed by atoms with Gasteiger partial charge < -0.3 is 5.11 Å². The number of hydrogen-bond donors (Lipinski definition) is 1. The highest BCUT2D eigenvalue weighted by molar-refractivity contribution is 5.83. The summed E-state index contributed by atoms with van der Waals surface area (Å²) in [5, 5.41) is 12.5. The number of carboxylic acids is 1. The summed E-state index contributed by atoms with van der Waals surface area (Å²) in [4.78, 5) is 18.5. The van der Waals surface area contributed by atoms with Crippen LogP contribution in [0.25, 0.3) is 5.78 Å². The average Bonchev–Trinajstić information content (AvgIpc) is 2.96. The molecule has 0 saturated heterocycles. The van der Waals surface area contributed by atoms with Crippen molar-refractivity contribution in [1.82, 2.24) is 19.6 Å². The maximum atomic E-state index is 10.6. The van der Waals surface area contributed by atoms with Gasteiger partial charge in [-0.05, 0) is 24.3 Å². The van der Waals surface area contributed by atoms with E-state index in [-0.39, 0.29) is 5.82 Å². The second-order valence-electron chi connectivity index (χ2n) is 3.65. The maximum Gasteiger partial charge on any atom is 0.375 e. The van der Waals surface area contributed by atoms with E-state index >= 15 is 0 Å². The van der Waals surface area contributed by atoms with Crippen LogP contribution in [0.3, 0.4) is 0 Å². The van der Waals surface area contributed by atoms with Crippen LogP contribution >= 0.6 is 0 Å². The van der Waals surface area contributed by atoms with Crippen LogP contribution in [-0.4, -0.2) is 30.7 Å². The minimum atomic E-state index is -1.13. The second-order valence-corrected chi connectivity index (χ2v) is 3.65. The van der Waals surface area contributed by atoms with Crippen molar-refractivity contribution in [1.29, 1.82) is 0 Å². The Morgan fingerprint density at radius 1 is 1.53 bits per heavy atom. The quantitative estimate of drug-likeness (QED) is 0.778. The van der Waals surface area contributed by atoms with Gasteiger partial charge in [0.15, 0.2) is 0 Å². The molecular weight excluding hydrogens is 196 g/mol. The van der Waals surface area contributed by atoms with Gasteiger partial charge in [0.25, 0.3) is 11.6 Å². The molecule has 1 aliphatic rings. The maximum absolute atomic E-state index is 10.6. The highest BCUT2D eigenvalue weighted by Gasteiger charge is 2.24. The summed E-state index contributed by atoms with van der Waals surface area (Å²) >= 11 is 0. The van der Waals surface area contributed by atoms with Crippen LogP contribution in [0, 0.1) is 0 Å². The summed E-state index contributed by atoms with van der Waals surface area (Å²) in [7, 11) is 0. The van der Waals surface area contributed by atoms with Crippen molar-refractivity contribution in [2.24, 2.45) is 0 Å². The Balaban J connectivity index is 2.13. The Bertz CT molecular complexity index is 544. The average molecular weight is 204 g/mol. The lowest BCUT2D eigenvalue weighted by Gasteiger charge is -1.95. The van der Waals surface area contributed by atoms with Gasteiger partial charge in [-0.2, -0.15) is 4.98 Å². The third-order valence-electron chi connectivity index (χ3n) is 2.45. The van der Waals surface area contributed by atoms with Gasteiger partial charge in [-0.1, -0.05) is 0 Å². The van der Waals surface area contributed by atoms with E-state index in [1.54, 1.807) is 12.4 Å². The van der Waals surface area contributed by atoms with E-state index in [4.69, 9.17) is 5.11 Å². The van der Waals surface area contributed by atoms with Crippen molar-refractivity contribution in [3.05, 3.63) is 23.8 Å². The monoisotopic (exact) mass is 204 g/mol. The number of fused-ring (bicyclic) bond motifs is 1. The Morgan fingerprint density at radius 2 is 2.33 bits per heavy atom. The van der Waals surface area contributed by atoms with Crippen LogP contribution in [0.15, 0.2) is 12.4 Å². The summed E-state index contributed by atoms with van der Waals surface area (Å²) in [6.45, 7) is 0. The fraction of sp³-hybridized carbons (Fsp3) is 0.333. The predicted octanol–water partition coefficient (Wildman–Crippen LogP) is 0.700. The van der Waals surface area contributed by atoms with Gasteiger partial charge in [0.05, 0.1) is 0 Å². The Kier molecular flexibility index (Phi) is 1.53. The molecule has 0 spiro atoms. The van der Waals surface area contributed by atoms with Gasteiger partial charge in [-0.3, -0.25) is 0 Å². The molecule has 0 bridgehead atoms. The fourth-order valence-corrected chi connectivity index (χ4v) is 1.51. The number of hydrogen-bond acceptors (Lipinski definition) is 4. The van der Waals surface area contributed by atoms with Crippen LogP contribution in [-0.2, 0) is 0 Å². The predicted molar refractivity (Wildman–Crippen MR) is 49.7 cm³/mol. The Morgan fingerprint density at radius 3 is 3.00 bits per heavy atom. The van der Waals surface area contributed by atoms with E-state index in [2.05, 4.69) is 15.1 Å². The first-order valence-electron chi connectivity index (χ1n) is 4.69. The molecule has 1 aliphatic carbocycles. The van der Waals surface area contributed by atoms with Gasteiger partial charge in [-0.15, -0.1) is 5.10 Å².